The van der Waals surface area contributed by atoms with Crippen molar-refractivity contribution in [3.8, 4) is 0 Å². The number of hydrogen-bond acceptors (Lipinski definition) is 7. The van der Waals surface area contributed by atoms with Crippen molar-refractivity contribution < 1.29 is 47.9 Å². The number of rotatable bonds is 8. The lowest BCUT2D eigenvalue weighted by atomic mass is 10.2. The van der Waals surface area contributed by atoms with Crippen LogP contribution in [-0.2, 0) is 37.1 Å². The number of aromatic nitrogens is 2. The second-order valence-electron chi connectivity index (χ2n) is 9.73. The van der Waals surface area contributed by atoms with Crippen molar-refractivity contribution in [2.45, 2.75) is 36.0 Å². The maximum atomic E-state index is 13.1. The molecule has 48 heavy (non-hydrogen) atoms. The molecule has 4 rings (SSSR count). The van der Waals surface area contributed by atoms with Crippen LogP contribution in [0.5, 0.6) is 0 Å². The molecule has 0 radical (unpaired) electrons. The third-order valence-electron chi connectivity index (χ3n) is 5.98. The first-order valence-corrected chi connectivity index (χ1v) is 17.4. The van der Waals surface area contributed by atoms with E-state index in [0.717, 1.165) is 28.6 Å². The zero-order chi connectivity index (χ0) is 36.2. The first kappa shape index (κ1) is 39.3. The monoisotopic (exact) mass is 822 g/mol. The van der Waals surface area contributed by atoms with Gasteiger partial charge in [0.2, 0.25) is 0 Å². The number of aryl methyl sites for hydroxylation is 2. The average Bonchev–Trinajstić information content (AvgIpc) is 2.96. The van der Waals surface area contributed by atoms with Crippen molar-refractivity contribution in [3.05, 3.63) is 104 Å². The van der Waals surface area contributed by atoms with E-state index < -0.39 is 70.1 Å². The van der Waals surface area contributed by atoms with Crippen LogP contribution in [0.2, 0.25) is 10.0 Å². The van der Waals surface area contributed by atoms with Crippen molar-refractivity contribution in [1.82, 2.24) is 9.97 Å². The number of sulfonamides is 2. The van der Waals surface area contributed by atoms with Gasteiger partial charge in [-0.05, 0) is 89.4 Å². The highest BCUT2D eigenvalue weighted by Gasteiger charge is 2.36. The smallest absolute Gasteiger partial charge is 0.363 e. The van der Waals surface area contributed by atoms with Gasteiger partial charge in [0.05, 0.1) is 48.5 Å². The van der Waals surface area contributed by atoms with Crippen LogP contribution >= 0.6 is 39.1 Å². The Morgan fingerprint density at radius 3 is 1.85 bits per heavy atom. The molecule has 0 amide bonds. The summed E-state index contributed by atoms with van der Waals surface area (Å²) < 4.78 is 136. The van der Waals surface area contributed by atoms with Crippen LogP contribution in [0.4, 0.5) is 37.7 Å². The first-order chi connectivity index (χ1) is 22.1. The normalized spacial score (nSPS) is 12.2. The summed E-state index contributed by atoms with van der Waals surface area (Å²) in [5.74, 6) is 0. The molecule has 9 nitrogen and oxygen atoms in total. The van der Waals surface area contributed by atoms with Gasteiger partial charge in [-0.1, -0.05) is 23.2 Å². The van der Waals surface area contributed by atoms with E-state index in [1.807, 2.05) is 0 Å². The van der Waals surface area contributed by atoms with E-state index in [9.17, 15) is 43.2 Å². The number of pyridine rings is 2. The fourth-order valence-corrected chi connectivity index (χ4v) is 7.28. The van der Waals surface area contributed by atoms with Crippen LogP contribution in [0.25, 0.3) is 0 Å². The van der Waals surface area contributed by atoms with E-state index in [0.29, 0.717) is 23.3 Å². The minimum atomic E-state index is -4.79. The number of alkyl halides is 6. The number of methoxy groups -OCH3 is 1. The molecule has 0 fully saturated rings. The molecule has 0 saturated heterocycles. The van der Waals surface area contributed by atoms with Crippen molar-refractivity contribution in [2.24, 2.45) is 0 Å². The predicted molar refractivity (Wildman–Crippen MR) is 171 cm³/mol. The number of halogens is 9. The molecule has 2 aromatic heterocycles. The van der Waals surface area contributed by atoms with Crippen LogP contribution in [0.3, 0.4) is 0 Å². The van der Waals surface area contributed by atoms with Crippen LogP contribution in [0, 0.1) is 13.8 Å². The molecule has 0 bridgehead atoms. The molecule has 2 aromatic carbocycles. The van der Waals surface area contributed by atoms with Crippen molar-refractivity contribution in [2.75, 3.05) is 22.9 Å². The number of ether oxygens (including phenoxy) is 1. The zero-order valence-electron chi connectivity index (χ0n) is 24.7. The number of benzene rings is 2. The molecular formula is C28H23BrCl2F6N4O5S2. The molecule has 2 heterocycles. The second-order valence-corrected chi connectivity index (χ2v) is 14.8. The van der Waals surface area contributed by atoms with E-state index in [2.05, 4.69) is 30.6 Å². The lowest BCUT2D eigenvalue weighted by Gasteiger charge is -2.25. The fraction of sp³-hybridized carbons (Fsp3) is 0.214. The molecule has 0 aliphatic carbocycles. The van der Waals surface area contributed by atoms with Crippen molar-refractivity contribution >= 4 is 70.6 Å². The van der Waals surface area contributed by atoms with E-state index in [1.54, 1.807) is 13.8 Å². The summed E-state index contributed by atoms with van der Waals surface area (Å²) in [5, 5.41) is -1.16. The Labute approximate surface area is 290 Å². The van der Waals surface area contributed by atoms with Crippen molar-refractivity contribution in [1.29, 1.82) is 0 Å². The van der Waals surface area contributed by atoms with Gasteiger partial charge >= 0.3 is 12.4 Å². The quantitative estimate of drug-likeness (QED) is 0.108. The summed E-state index contributed by atoms with van der Waals surface area (Å²) in [5.41, 5.74) is -0.795. The molecule has 0 aliphatic heterocycles. The second kappa shape index (κ2) is 15.2. The summed E-state index contributed by atoms with van der Waals surface area (Å²) >= 11 is 14.2. The minimum Gasteiger partial charge on any atom is -0.363 e. The van der Waals surface area contributed by atoms with Crippen LogP contribution in [-0.4, -0.2) is 40.6 Å². The maximum Gasteiger partial charge on any atom is 0.417 e. The largest absolute Gasteiger partial charge is 0.417 e. The molecule has 0 saturated carbocycles. The Morgan fingerprint density at radius 2 is 1.33 bits per heavy atom. The standard InChI is InChI=1S/C15H13BrClF3N2O3S.C13H10ClF3N2O2S/c1-9-5-13(14(16)21-7-9)22(8-25-2)26(23,24)10-3-4-12(17)11(6-10)15(18,19)20;1-8-4-9(7-18-6-8)19-22(20,21)10-2-3-12(14)11(5-10)13(15,16)17/h3-7H,8H2,1-2H3;2-7,19H,1H3. The molecule has 0 aliphatic rings. The zero-order valence-corrected chi connectivity index (χ0v) is 29.4. The SMILES string of the molecule is COCN(c1cc(C)cnc1Br)S(=O)(=O)c1ccc(Cl)c(C(F)(F)F)c1.Cc1cncc(NS(=O)(=O)c2ccc(Cl)c(C(F)(F)F)c2)c1. The van der Waals surface area contributed by atoms with Gasteiger partial charge in [0.1, 0.15) is 11.3 Å². The van der Waals surface area contributed by atoms with Gasteiger partial charge in [-0.25, -0.2) is 26.1 Å². The van der Waals surface area contributed by atoms with Gasteiger partial charge in [0.15, 0.2) is 0 Å². The number of anilines is 2. The predicted octanol–water partition coefficient (Wildman–Crippen LogP) is 8.49. The molecule has 0 spiro atoms. The third kappa shape index (κ3) is 9.72. The summed E-state index contributed by atoms with van der Waals surface area (Å²) in [6.45, 7) is 2.98. The summed E-state index contributed by atoms with van der Waals surface area (Å²) in [6.07, 6.45) is -5.25. The molecular weight excluding hydrogens is 801 g/mol. The highest BCUT2D eigenvalue weighted by molar-refractivity contribution is 9.10. The van der Waals surface area contributed by atoms with E-state index >= 15 is 0 Å². The molecule has 0 unspecified atom stereocenters. The molecule has 1 N–H and O–H groups in total. The molecule has 0 atom stereocenters. The summed E-state index contributed by atoms with van der Waals surface area (Å²) in [4.78, 5) is 6.71. The van der Waals surface area contributed by atoms with Crippen LogP contribution < -0.4 is 9.03 Å². The first-order valence-electron chi connectivity index (χ1n) is 12.9. The van der Waals surface area contributed by atoms with Crippen LogP contribution in [0.1, 0.15) is 22.3 Å². The lowest BCUT2D eigenvalue weighted by molar-refractivity contribution is -0.138. The highest BCUT2D eigenvalue weighted by atomic mass is 79.9. The number of nitrogens with one attached hydrogen (secondary N) is 1. The Hall–Kier alpha value is -3.16. The van der Waals surface area contributed by atoms with Gasteiger partial charge in [0, 0.05) is 19.5 Å². The molecule has 4 aromatic rings. The minimum absolute atomic E-state index is 0.135. The van der Waals surface area contributed by atoms with E-state index in [4.69, 9.17) is 27.9 Å². The van der Waals surface area contributed by atoms with Gasteiger partial charge < -0.3 is 4.74 Å². The Morgan fingerprint density at radius 1 is 0.812 bits per heavy atom. The van der Waals surface area contributed by atoms with E-state index in [-0.39, 0.29) is 16.0 Å². The highest BCUT2D eigenvalue weighted by Crippen LogP contribution is 2.38. The topological polar surface area (TPSA) is 119 Å². The molecule has 260 valence electrons. The van der Waals surface area contributed by atoms with Crippen LogP contribution in [0.15, 0.2) is 81.5 Å². The molecule has 20 heteroatoms. The summed E-state index contributed by atoms with van der Waals surface area (Å²) in [6, 6.07) is 7.82. The lowest BCUT2D eigenvalue weighted by Crippen LogP contribution is -2.33. The number of hydrogen-bond donors (Lipinski definition) is 1. The van der Waals surface area contributed by atoms with Gasteiger partial charge in [-0.15, -0.1) is 0 Å². The summed E-state index contributed by atoms with van der Waals surface area (Å²) in [7, 11) is -7.29. The van der Waals surface area contributed by atoms with E-state index in [1.165, 1.54) is 37.8 Å². The van der Waals surface area contributed by atoms with Gasteiger partial charge in [-0.2, -0.15) is 26.3 Å². The maximum absolute atomic E-state index is 13.1. The van der Waals surface area contributed by atoms with Gasteiger partial charge in [-0.3, -0.25) is 9.71 Å². The number of nitrogens with zero attached hydrogens (tertiary/aromatic N) is 3. The van der Waals surface area contributed by atoms with Gasteiger partial charge in [0.25, 0.3) is 20.0 Å². The Kier molecular flexibility index (Phi) is 12.4. The van der Waals surface area contributed by atoms with Crippen molar-refractivity contribution in [3.63, 3.8) is 0 Å². The Bertz CT molecular complexity index is 2020. The Balaban J connectivity index is 0.000000264. The third-order valence-corrected chi connectivity index (χ3v) is 10.4. The average molecular weight is 824 g/mol. The fourth-order valence-electron chi connectivity index (χ4n) is 3.82.